The largest absolute Gasteiger partial charge is 0.0561 e. The summed E-state index contributed by atoms with van der Waals surface area (Å²) >= 11 is 0. The molecule has 1 aromatic carbocycles. The van der Waals surface area contributed by atoms with Crippen molar-refractivity contribution in [2.24, 2.45) is 0 Å². The van der Waals surface area contributed by atoms with Crippen LogP contribution in [0.5, 0.6) is 0 Å². The highest BCUT2D eigenvalue weighted by atomic mass is 14.3. The van der Waals surface area contributed by atoms with Crippen molar-refractivity contribution in [1.29, 1.82) is 0 Å². The molecule has 0 saturated carbocycles. The van der Waals surface area contributed by atoms with E-state index in [9.17, 15) is 0 Å². The number of benzene rings is 1. The van der Waals surface area contributed by atoms with E-state index in [4.69, 9.17) is 0 Å². The highest BCUT2D eigenvalue weighted by Gasteiger charge is 2.23. The van der Waals surface area contributed by atoms with Crippen LogP contribution in [0.1, 0.15) is 63.8 Å². The van der Waals surface area contributed by atoms with Gasteiger partial charge in [-0.05, 0) is 41.4 Å². The molecule has 0 heteroatoms. The molecule has 16 heavy (non-hydrogen) atoms. The summed E-state index contributed by atoms with van der Waals surface area (Å²) in [6, 6.07) is 4.55. The van der Waals surface area contributed by atoms with Crippen LogP contribution in [-0.4, -0.2) is 0 Å². The molecular formula is C16H25. The molecule has 1 rings (SSSR count). The summed E-state index contributed by atoms with van der Waals surface area (Å²) in [7, 11) is 0. The third-order valence-electron chi connectivity index (χ3n) is 3.01. The fourth-order valence-corrected chi connectivity index (χ4v) is 2.15. The molecule has 1 radical (unpaired) electrons. The van der Waals surface area contributed by atoms with Crippen LogP contribution in [0, 0.1) is 13.8 Å². The van der Waals surface area contributed by atoms with Gasteiger partial charge >= 0.3 is 0 Å². The van der Waals surface area contributed by atoms with E-state index in [0.29, 0.717) is 0 Å². The predicted octanol–water partition coefficient (Wildman–Crippen LogP) is 4.77. The second kappa shape index (κ2) is 3.91. The van der Waals surface area contributed by atoms with Crippen molar-refractivity contribution < 1.29 is 0 Å². The summed E-state index contributed by atoms with van der Waals surface area (Å²) < 4.78 is 0. The molecule has 0 N–H and O–H groups in total. The molecule has 0 aliphatic rings. The Morgan fingerprint density at radius 3 is 1.38 bits per heavy atom. The first-order valence-corrected chi connectivity index (χ1v) is 6.01. The zero-order valence-corrected chi connectivity index (χ0v) is 11.9. The van der Waals surface area contributed by atoms with Gasteiger partial charge in [0, 0.05) is 0 Å². The van der Waals surface area contributed by atoms with E-state index in [-0.39, 0.29) is 10.8 Å². The van der Waals surface area contributed by atoms with Gasteiger partial charge in [0.2, 0.25) is 0 Å². The second-order valence-electron chi connectivity index (χ2n) is 6.84. The Hall–Kier alpha value is -0.780. The van der Waals surface area contributed by atoms with Crippen molar-refractivity contribution in [3.8, 4) is 0 Å². The average Bonchev–Trinajstić information content (AvgIpc) is 2.04. The van der Waals surface area contributed by atoms with Crippen molar-refractivity contribution in [2.45, 2.75) is 59.3 Å². The van der Waals surface area contributed by atoms with Crippen LogP contribution in [0.3, 0.4) is 0 Å². The predicted molar refractivity (Wildman–Crippen MR) is 73.0 cm³/mol. The van der Waals surface area contributed by atoms with Crippen LogP contribution in [0.25, 0.3) is 0 Å². The van der Waals surface area contributed by atoms with Gasteiger partial charge < -0.3 is 0 Å². The van der Waals surface area contributed by atoms with Crippen molar-refractivity contribution in [1.82, 2.24) is 0 Å². The molecule has 0 aliphatic heterocycles. The fraction of sp³-hybridized carbons (Fsp3) is 0.562. The Bertz CT molecular complexity index is 348. The summed E-state index contributed by atoms with van der Waals surface area (Å²) in [6.45, 7) is 20.0. The Balaban J connectivity index is 3.51. The summed E-state index contributed by atoms with van der Waals surface area (Å²) in [4.78, 5) is 0. The summed E-state index contributed by atoms with van der Waals surface area (Å²) in [6.07, 6.45) is 0. The van der Waals surface area contributed by atoms with Gasteiger partial charge in [-0.3, -0.25) is 0 Å². The molecule has 89 valence electrons. The minimum absolute atomic E-state index is 0.170. The van der Waals surface area contributed by atoms with Gasteiger partial charge in [0.1, 0.15) is 0 Å². The molecule has 0 saturated heterocycles. The van der Waals surface area contributed by atoms with Crippen LogP contribution < -0.4 is 0 Å². The van der Waals surface area contributed by atoms with E-state index in [1.54, 1.807) is 0 Å². The van der Waals surface area contributed by atoms with Crippen molar-refractivity contribution in [3.05, 3.63) is 41.3 Å². The van der Waals surface area contributed by atoms with Crippen molar-refractivity contribution >= 4 is 0 Å². The third-order valence-corrected chi connectivity index (χ3v) is 3.01. The molecule has 0 atom stereocenters. The summed E-state index contributed by atoms with van der Waals surface area (Å²) in [5, 5.41) is 0. The lowest BCUT2D eigenvalue weighted by Gasteiger charge is -2.29. The maximum atomic E-state index is 4.29. The van der Waals surface area contributed by atoms with Gasteiger partial charge in [-0.15, -0.1) is 0 Å². The Labute approximate surface area is 101 Å². The quantitative estimate of drug-likeness (QED) is 0.587. The minimum atomic E-state index is 0.170. The van der Waals surface area contributed by atoms with Crippen molar-refractivity contribution in [2.75, 3.05) is 0 Å². The molecule has 1 aromatic rings. The van der Waals surface area contributed by atoms with E-state index in [0.717, 1.165) is 0 Å². The smallest absolute Gasteiger partial charge is 0.0129 e. The topological polar surface area (TPSA) is 0 Å². The van der Waals surface area contributed by atoms with Crippen LogP contribution in [0.15, 0.2) is 12.1 Å². The van der Waals surface area contributed by atoms with Crippen LogP contribution >= 0.6 is 0 Å². The van der Waals surface area contributed by atoms with E-state index in [1.165, 1.54) is 22.3 Å². The first-order chi connectivity index (χ1) is 7.03. The fourth-order valence-electron chi connectivity index (χ4n) is 2.15. The van der Waals surface area contributed by atoms with Gasteiger partial charge in [-0.2, -0.15) is 0 Å². The molecule has 0 heterocycles. The minimum Gasteiger partial charge on any atom is -0.0561 e. The highest BCUT2D eigenvalue weighted by Crippen LogP contribution is 2.34. The summed E-state index contributed by atoms with van der Waals surface area (Å²) in [5.74, 6) is 0. The Morgan fingerprint density at radius 1 is 0.812 bits per heavy atom. The van der Waals surface area contributed by atoms with Crippen LogP contribution in [0.2, 0.25) is 0 Å². The normalized spacial score (nSPS) is 13.0. The van der Waals surface area contributed by atoms with E-state index in [1.807, 2.05) is 0 Å². The number of rotatable bonds is 0. The first kappa shape index (κ1) is 13.3. The molecule has 0 amide bonds. The Kier molecular flexibility index (Phi) is 3.24. The molecule has 0 fully saturated rings. The molecule has 0 aromatic heterocycles. The summed E-state index contributed by atoms with van der Waals surface area (Å²) in [5.41, 5.74) is 5.63. The van der Waals surface area contributed by atoms with E-state index in [2.05, 4.69) is 67.5 Å². The first-order valence-electron chi connectivity index (χ1n) is 6.01. The van der Waals surface area contributed by atoms with Gasteiger partial charge in [0.05, 0.1) is 0 Å². The molecule has 0 nitrogen and oxygen atoms in total. The monoisotopic (exact) mass is 217 g/mol. The molecule has 0 bridgehead atoms. The number of aryl methyl sites for hydroxylation is 1. The second-order valence-corrected chi connectivity index (χ2v) is 6.84. The lowest BCUT2D eigenvalue weighted by molar-refractivity contribution is 0.563. The zero-order valence-electron chi connectivity index (χ0n) is 11.9. The zero-order chi connectivity index (χ0) is 12.7. The highest BCUT2D eigenvalue weighted by molar-refractivity contribution is 5.46. The number of hydrogen-bond donors (Lipinski definition) is 0. The SMILES string of the molecule is [CH2]c1c(C(C)(C)C)cc(C)cc1C(C)(C)C. The van der Waals surface area contributed by atoms with Gasteiger partial charge in [-0.1, -0.05) is 59.2 Å². The van der Waals surface area contributed by atoms with E-state index >= 15 is 0 Å². The Morgan fingerprint density at radius 2 is 1.12 bits per heavy atom. The van der Waals surface area contributed by atoms with Crippen molar-refractivity contribution in [3.63, 3.8) is 0 Å². The maximum Gasteiger partial charge on any atom is -0.0129 e. The lowest BCUT2D eigenvalue weighted by Crippen LogP contribution is -2.19. The lowest BCUT2D eigenvalue weighted by atomic mass is 9.76. The van der Waals surface area contributed by atoms with Crippen LogP contribution in [-0.2, 0) is 10.8 Å². The maximum absolute atomic E-state index is 4.29. The van der Waals surface area contributed by atoms with Gasteiger partial charge in [0.15, 0.2) is 0 Å². The van der Waals surface area contributed by atoms with Gasteiger partial charge in [0.25, 0.3) is 0 Å². The molecule has 0 aliphatic carbocycles. The van der Waals surface area contributed by atoms with Crippen LogP contribution in [0.4, 0.5) is 0 Å². The molecule has 0 spiro atoms. The molecule has 0 unspecified atom stereocenters. The molecular weight excluding hydrogens is 192 g/mol. The number of hydrogen-bond acceptors (Lipinski definition) is 0. The average molecular weight is 217 g/mol. The third kappa shape index (κ3) is 2.66. The standard InChI is InChI=1S/C16H25/c1-11-9-13(15(3,4)5)12(2)14(10-11)16(6,7)8/h9-10H,2H2,1,3-8H3. The van der Waals surface area contributed by atoms with E-state index < -0.39 is 0 Å². The van der Waals surface area contributed by atoms with Gasteiger partial charge in [-0.25, -0.2) is 0 Å².